The van der Waals surface area contributed by atoms with Gasteiger partial charge in [-0.15, -0.1) is 0 Å². The van der Waals surface area contributed by atoms with Crippen LogP contribution in [-0.2, 0) is 0 Å². The summed E-state index contributed by atoms with van der Waals surface area (Å²) in [6, 6.07) is 0.324. The lowest BCUT2D eigenvalue weighted by molar-refractivity contribution is 0.0693. The van der Waals surface area contributed by atoms with E-state index in [9.17, 15) is 0 Å². The third kappa shape index (κ3) is 3.71. The monoisotopic (exact) mass is 254 g/mol. The molecule has 1 aliphatic heterocycles. The first-order valence-corrected chi connectivity index (χ1v) is 7.86. The molecule has 0 amide bonds. The number of nitrogens with two attached hydrogens (primary N) is 1. The highest BCUT2D eigenvalue weighted by atomic mass is 15.2. The minimum absolute atomic E-state index is 0.252. The summed E-state index contributed by atoms with van der Waals surface area (Å²) < 4.78 is 0. The average Bonchev–Trinajstić information content (AvgIpc) is 2.82. The smallest absolute Gasteiger partial charge is 0.0355 e. The number of nitrogens with zero attached hydrogens (tertiary/aromatic N) is 1. The maximum Gasteiger partial charge on any atom is 0.0355 e. The van der Waals surface area contributed by atoms with E-state index >= 15 is 0 Å². The standard InChI is InChI=1S/C16H34N2/c1-6-16(7-2,18-12-8-9-13-18)14(17)10-11-15(3,4)5/h14H,6-13,17H2,1-5H3. The molecule has 1 heterocycles. The van der Waals surface area contributed by atoms with Crippen molar-refractivity contribution in [2.75, 3.05) is 13.1 Å². The fraction of sp³-hybridized carbons (Fsp3) is 1.00. The Labute approximate surface area is 114 Å². The van der Waals surface area contributed by atoms with E-state index in [1.165, 1.54) is 45.2 Å². The maximum absolute atomic E-state index is 6.62. The highest BCUT2D eigenvalue weighted by Crippen LogP contribution is 2.34. The van der Waals surface area contributed by atoms with Gasteiger partial charge in [-0.05, 0) is 57.0 Å². The van der Waals surface area contributed by atoms with E-state index in [2.05, 4.69) is 39.5 Å². The van der Waals surface area contributed by atoms with Crippen LogP contribution in [0.2, 0.25) is 0 Å². The zero-order chi connectivity index (χ0) is 13.8. The summed E-state index contributed by atoms with van der Waals surface area (Å²) in [5.74, 6) is 0. The molecule has 0 radical (unpaired) electrons. The van der Waals surface area contributed by atoms with Crippen LogP contribution >= 0.6 is 0 Å². The van der Waals surface area contributed by atoms with Gasteiger partial charge in [-0.25, -0.2) is 0 Å². The predicted molar refractivity (Wildman–Crippen MR) is 80.8 cm³/mol. The van der Waals surface area contributed by atoms with Crippen molar-refractivity contribution >= 4 is 0 Å². The second-order valence-corrected chi connectivity index (χ2v) is 7.21. The molecule has 0 aliphatic carbocycles. The molecule has 1 aliphatic rings. The summed E-state index contributed by atoms with van der Waals surface area (Å²) in [7, 11) is 0. The zero-order valence-electron chi connectivity index (χ0n) is 13.3. The molecule has 1 atom stereocenters. The second-order valence-electron chi connectivity index (χ2n) is 7.21. The van der Waals surface area contributed by atoms with Crippen molar-refractivity contribution in [2.24, 2.45) is 11.1 Å². The quantitative estimate of drug-likeness (QED) is 0.781. The molecule has 0 aromatic carbocycles. The third-order valence-corrected chi connectivity index (χ3v) is 4.86. The van der Waals surface area contributed by atoms with Gasteiger partial charge >= 0.3 is 0 Å². The molecule has 2 nitrogen and oxygen atoms in total. The van der Waals surface area contributed by atoms with Gasteiger partial charge in [-0.1, -0.05) is 34.6 Å². The summed E-state index contributed by atoms with van der Waals surface area (Å²) in [5.41, 5.74) is 7.27. The highest BCUT2D eigenvalue weighted by molar-refractivity contribution is 4.99. The molecule has 0 bridgehead atoms. The lowest BCUT2D eigenvalue weighted by atomic mass is 9.78. The van der Waals surface area contributed by atoms with E-state index in [4.69, 9.17) is 5.73 Å². The molecule has 108 valence electrons. The van der Waals surface area contributed by atoms with Crippen molar-refractivity contribution in [1.29, 1.82) is 0 Å². The molecule has 18 heavy (non-hydrogen) atoms. The molecule has 0 aromatic heterocycles. The van der Waals surface area contributed by atoms with Crippen LogP contribution < -0.4 is 5.73 Å². The van der Waals surface area contributed by atoms with E-state index in [1.54, 1.807) is 0 Å². The summed E-state index contributed by atoms with van der Waals surface area (Å²) in [5, 5.41) is 0. The third-order valence-electron chi connectivity index (χ3n) is 4.86. The molecular formula is C16H34N2. The van der Waals surface area contributed by atoms with Crippen LogP contribution in [0.15, 0.2) is 0 Å². The van der Waals surface area contributed by atoms with Gasteiger partial charge in [0.1, 0.15) is 0 Å². The molecule has 2 heteroatoms. The lowest BCUT2D eigenvalue weighted by Crippen LogP contribution is -2.58. The number of likely N-dealkylation sites (tertiary alicyclic amines) is 1. The maximum atomic E-state index is 6.62. The lowest BCUT2D eigenvalue weighted by Gasteiger charge is -2.46. The fourth-order valence-corrected chi connectivity index (χ4v) is 3.48. The Bertz CT molecular complexity index is 232. The summed E-state index contributed by atoms with van der Waals surface area (Å²) in [4.78, 5) is 2.68. The van der Waals surface area contributed by atoms with Crippen LogP contribution in [0.25, 0.3) is 0 Å². The van der Waals surface area contributed by atoms with Crippen LogP contribution in [0.4, 0.5) is 0 Å². The van der Waals surface area contributed by atoms with Crippen LogP contribution in [0.1, 0.15) is 73.1 Å². The van der Waals surface area contributed by atoms with E-state index in [-0.39, 0.29) is 5.54 Å². The largest absolute Gasteiger partial charge is 0.326 e. The van der Waals surface area contributed by atoms with Gasteiger partial charge in [0.2, 0.25) is 0 Å². The van der Waals surface area contributed by atoms with E-state index in [0.29, 0.717) is 11.5 Å². The molecule has 1 unspecified atom stereocenters. The minimum Gasteiger partial charge on any atom is -0.326 e. The Balaban J connectivity index is 2.70. The second kappa shape index (κ2) is 6.38. The van der Waals surface area contributed by atoms with Crippen molar-refractivity contribution in [3.63, 3.8) is 0 Å². The molecular weight excluding hydrogens is 220 g/mol. The zero-order valence-corrected chi connectivity index (χ0v) is 13.3. The van der Waals surface area contributed by atoms with Gasteiger partial charge in [-0.3, -0.25) is 4.90 Å². The van der Waals surface area contributed by atoms with Gasteiger partial charge in [0, 0.05) is 11.6 Å². The van der Waals surface area contributed by atoms with E-state index in [0.717, 1.165) is 6.42 Å². The molecule has 1 fully saturated rings. The van der Waals surface area contributed by atoms with Gasteiger partial charge in [0.05, 0.1) is 0 Å². The van der Waals surface area contributed by atoms with Crippen LogP contribution in [0.5, 0.6) is 0 Å². The Hall–Kier alpha value is -0.0800. The van der Waals surface area contributed by atoms with Gasteiger partial charge in [0.15, 0.2) is 0 Å². The Morgan fingerprint density at radius 2 is 1.56 bits per heavy atom. The first kappa shape index (κ1) is 16.0. The SMILES string of the molecule is CCC(CC)(C(N)CCC(C)(C)C)N1CCCC1. The van der Waals surface area contributed by atoms with E-state index in [1.807, 2.05) is 0 Å². The number of rotatable bonds is 6. The number of hydrogen-bond donors (Lipinski definition) is 1. The van der Waals surface area contributed by atoms with Crippen molar-refractivity contribution in [1.82, 2.24) is 4.90 Å². The van der Waals surface area contributed by atoms with Crippen molar-refractivity contribution in [3.05, 3.63) is 0 Å². The molecule has 0 saturated carbocycles. The Morgan fingerprint density at radius 1 is 1.06 bits per heavy atom. The summed E-state index contributed by atoms with van der Waals surface area (Å²) >= 11 is 0. The predicted octanol–water partition coefficient (Wildman–Crippen LogP) is 3.79. The van der Waals surface area contributed by atoms with Crippen LogP contribution in [0.3, 0.4) is 0 Å². The highest BCUT2D eigenvalue weighted by Gasteiger charge is 2.40. The van der Waals surface area contributed by atoms with Gasteiger partial charge < -0.3 is 5.73 Å². The normalized spacial score (nSPS) is 20.3. The van der Waals surface area contributed by atoms with Crippen LogP contribution in [-0.4, -0.2) is 29.6 Å². The van der Waals surface area contributed by atoms with Crippen molar-refractivity contribution in [3.8, 4) is 0 Å². The topological polar surface area (TPSA) is 29.3 Å². The molecule has 2 N–H and O–H groups in total. The minimum atomic E-state index is 0.252. The average molecular weight is 254 g/mol. The van der Waals surface area contributed by atoms with Crippen molar-refractivity contribution in [2.45, 2.75) is 84.7 Å². The molecule has 1 rings (SSSR count). The number of hydrogen-bond acceptors (Lipinski definition) is 2. The molecule has 1 saturated heterocycles. The first-order valence-electron chi connectivity index (χ1n) is 7.86. The van der Waals surface area contributed by atoms with Gasteiger partial charge in [-0.2, -0.15) is 0 Å². The fourth-order valence-electron chi connectivity index (χ4n) is 3.48. The molecule has 0 aromatic rings. The Morgan fingerprint density at radius 3 is 1.94 bits per heavy atom. The van der Waals surface area contributed by atoms with Crippen molar-refractivity contribution < 1.29 is 0 Å². The summed E-state index contributed by atoms with van der Waals surface area (Å²) in [6.07, 6.45) is 7.47. The molecule has 0 spiro atoms. The van der Waals surface area contributed by atoms with E-state index < -0.39 is 0 Å². The van der Waals surface area contributed by atoms with Gasteiger partial charge in [0.25, 0.3) is 0 Å². The Kier molecular flexibility index (Phi) is 5.67. The van der Waals surface area contributed by atoms with Crippen LogP contribution in [0, 0.1) is 5.41 Å². The summed E-state index contributed by atoms with van der Waals surface area (Å²) in [6.45, 7) is 14.1. The first-order chi connectivity index (χ1) is 8.35.